The van der Waals surface area contributed by atoms with Crippen molar-refractivity contribution >= 4 is 5.91 Å². The van der Waals surface area contributed by atoms with Crippen LogP contribution in [0.25, 0.3) is 0 Å². The van der Waals surface area contributed by atoms with E-state index in [1.807, 2.05) is 18.2 Å². The van der Waals surface area contributed by atoms with Crippen LogP contribution >= 0.6 is 0 Å². The number of carbonyl (C=O) groups excluding carboxylic acids is 1. The van der Waals surface area contributed by atoms with Gasteiger partial charge in [-0.15, -0.1) is 0 Å². The first-order valence-corrected chi connectivity index (χ1v) is 8.09. The Morgan fingerprint density at radius 1 is 1.33 bits per heavy atom. The molecule has 0 saturated carbocycles. The fraction of sp³-hybridized carbons (Fsp3) is 0.647. The Kier molecular flexibility index (Phi) is 6.18. The Morgan fingerprint density at radius 3 is 2.71 bits per heavy atom. The first kappa shape index (κ1) is 16.0. The fourth-order valence-corrected chi connectivity index (χ4v) is 2.86. The van der Waals surface area contributed by atoms with E-state index in [9.17, 15) is 4.79 Å². The molecule has 2 heterocycles. The van der Waals surface area contributed by atoms with Gasteiger partial charge in [-0.05, 0) is 56.9 Å². The lowest BCUT2D eigenvalue weighted by Gasteiger charge is -2.22. The average molecular weight is 289 g/mol. The molecule has 0 aliphatic carbocycles. The number of carbonyl (C=O) groups is 1. The fourth-order valence-electron chi connectivity index (χ4n) is 2.86. The standard InChI is InChI=1S/C17H27N3O/c1-14(2)17(15-8-3-4-10-18-15)19-16(21)9-7-13-20-11-5-6-12-20/h3-4,8,10,14,17H,5-7,9,11-13H2,1-2H3,(H,19,21)/t17-/m1/s1. The van der Waals surface area contributed by atoms with Crippen molar-refractivity contribution in [3.8, 4) is 0 Å². The first-order valence-electron chi connectivity index (χ1n) is 8.09. The number of likely N-dealkylation sites (tertiary alicyclic amines) is 1. The number of nitrogens with one attached hydrogen (secondary N) is 1. The Labute approximate surface area is 127 Å². The van der Waals surface area contributed by atoms with Crippen LogP contribution < -0.4 is 5.32 Å². The molecule has 1 aliphatic rings. The van der Waals surface area contributed by atoms with Crippen molar-refractivity contribution < 1.29 is 4.79 Å². The summed E-state index contributed by atoms with van der Waals surface area (Å²) in [6.07, 6.45) is 5.94. The largest absolute Gasteiger partial charge is 0.347 e. The van der Waals surface area contributed by atoms with Crippen LogP contribution in [0.3, 0.4) is 0 Å². The van der Waals surface area contributed by atoms with Gasteiger partial charge < -0.3 is 10.2 Å². The van der Waals surface area contributed by atoms with Gasteiger partial charge in [0.25, 0.3) is 0 Å². The van der Waals surface area contributed by atoms with Gasteiger partial charge in [0, 0.05) is 12.6 Å². The van der Waals surface area contributed by atoms with Crippen LogP contribution in [0.4, 0.5) is 0 Å². The van der Waals surface area contributed by atoms with Crippen molar-refractivity contribution in [1.82, 2.24) is 15.2 Å². The smallest absolute Gasteiger partial charge is 0.220 e. The Bertz CT molecular complexity index is 427. The molecule has 1 aromatic rings. The van der Waals surface area contributed by atoms with E-state index in [4.69, 9.17) is 0 Å². The molecule has 116 valence electrons. The van der Waals surface area contributed by atoms with Crippen LogP contribution in [-0.2, 0) is 4.79 Å². The topological polar surface area (TPSA) is 45.2 Å². The minimum absolute atomic E-state index is 0.00508. The molecule has 4 nitrogen and oxygen atoms in total. The highest BCUT2D eigenvalue weighted by molar-refractivity contribution is 5.76. The van der Waals surface area contributed by atoms with Crippen LogP contribution in [0.1, 0.15) is 51.3 Å². The Hall–Kier alpha value is -1.42. The number of pyridine rings is 1. The predicted molar refractivity (Wildman–Crippen MR) is 84.9 cm³/mol. The molecule has 1 aliphatic heterocycles. The zero-order chi connectivity index (χ0) is 15.1. The van der Waals surface area contributed by atoms with Gasteiger partial charge in [-0.3, -0.25) is 9.78 Å². The van der Waals surface area contributed by atoms with E-state index >= 15 is 0 Å². The van der Waals surface area contributed by atoms with Crippen molar-refractivity contribution in [2.75, 3.05) is 19.6 Å². The van der Waals surface area contributed by atoms with E-state index in [1.165, 1.54) is 25.9 Å². The second-order valence-corrected chi connectivity index (χ2v) is 6.20. The maximum Gasteiger partial charge on any atom is 0.220 e. The molecular formula is C17H27N3O. The molecule has 1 saturated heterocycles. The molecule has 2 rings (SSSR count). The summed E-state index contributed by atoms with van der Waals surface area (Å²) in [5.74, 6) is 0.473. The molecule has 0 bridgehead atoms. The number of rotatable bonds is 7. The van der Waals surface area contributed by atoms with Gasteiger partial charge in [0.2, 0.25) is 5.91 Å². The van der Waals surface area contributed by atoms with Crippen LogP contribution in [0, 0.1) is 5.92 Å². The summed E-state index contributed by atoms with van der Waals surface area (Å²) in [6.45, 7) is 7.67. The molecule has 0 aromatic carbocycles. The second kappa shape index (κ2) is 8.13. The van der Waals surface area contributed by atoms with E-state index in [0.717, 1.165) is 18.7 Å². The average Bonchev–Trinajstić information content (AvgIpc) is 2.98. The second-order valence-electron chi connectivity index (χ2n) is 6.20. The number of hydrogen-bond acceptors (Lipinski definition) is 3. The molecular weight excluding hydrogens is 262 g/mol. The molecule has 0 unspecified atom stereocenters. The highest BCUT2D eigenvalue weighted by atomic mass is 16.1. The first-order chi connectivity index (χ1) is 10.2. The minimum Gasteiger partial charge on any atom is -0.347 e. The van der Waals surface area contributed by atoms with E-state index in [-0.39, 0.29) is 11.9 Å². The third-order valence-corrected chi connectivity index (χ3v) is 4.07. The summed E-state index contributed by atoms with van der Waals surface area (Å²) in [4.78, 5) is 19.0. The molecule has 1 aromatic heterocycles. The zero-order valence-corrected chi connectivity index (χ0v) is 13.2. The van der Waals surface area contributed by atoms with Crippen LogP contribution in [-0.4, -0.2) is 35.4 Å². The molecule has 0 radical (unpaired) electrons. The summed E-state index contributed by atoms with van der Waals surface area (Å²) in [5, 5.41) is 3.14. The SMILES string of the molecule is CC(C)[C@@H](NC(=O)CCCN1CCCC1)c1ccccn1. The van der Waals surface area contributed by atoms with E-state index in [0.29, 0.717) is 12.3 Å². The summed E-state index contributed by atoms with van der Waals surface area (Å²) in [6, 6.07) is 5.86. The number of hydrogen-bond donors (Lipinski definition) is 1. The lowest BCUT2D eigenvalue weighted by Crippen LogP contribution is -2.32. The highest BCUT2D eigenvalue weighted by Crippen LogP contribution is 2.19. The summed E-state index contributed by atoms with van der Waals surface area (Å²) < 4.78 is 0. The van der Waals surface area contributed by atoms with Gasteiger partial charge in [-0.1, -0.05) is 19.9 Å². The monoisotopic (exact) mass is 289 g/mol. The van der Waals surface area contributed by atoms with Crippen molar-refractivity contribution in [3.63, 3.8) is 0 Å². The van der Waals surface area contributed by atoms with Gasteiger partial charge in [-0.25, -0.2) is 0 Å². The van der Waals surface area contributed by atoms with Gasteiger partial charge >= 0.3 is 0 Å². The molecule has 1 N–H and O–H groups in total. The van der Waals surface area contributed by atoms with Gasteiger partial charge in [0.15, 0.2) is 0 Å². The van der Waals surface area contributed by atoms with Gasteiger partial charge in [0.1, 0.15) is 0 Å². The third kappa shape index (κ3) is 5.12. The molecule has 1 atom stereocenters. The quantitative estimate of drug-likeness (QED) is 0.839. The Morgan fingerprint density at radius 2 is 2.10 bits per heavy atom. The van der Waals surface area contributed by atoms with Crippen LogP contribution in [0.5, 0.6) is 0 Å². The number of nitrogens with zero attached hydrogens (tertiary/aromatic N) is 2. The zero-order valence-electron chi connectivity index (χ0n) is 13.2. The van der Waals surface area contributed by atoms with E-state index in [2.05, 4.69) is 29.0 Å². The molecule has 21 heavy (non-hydrogen) atoms. The molecule has 1 fully saturated rings. The van der Waals surface area contributed by atoms with E-state index in [1.54, 1.807) is 6.20 Å². The van der Waals surface area contributed by atoms with Crippen LogP contribution in [0.2, 0.25) is 0 Å². The predicted octanol–water partition coefficient (Wildman–Crippen LogP) is 2.77. The minimum atomic E-state index is 0.00508. The summed E-state index contributed by atoms with van der Waals surface area (Å²) in [7, 11) is 0. The van der Waals surface area contributed by atoms with Crippen molar-refractivity contribution in [1.29, 1.82) is 0 Å². The van der Waals surface area contributed by atoms with E-state index < -0.39 is 0 Å². The van der Waals surface area contributed by atoms with Crippen molar-refractivity contribution in [3.05, 3.63) is 30.1 Å². The van der Waals surface area contributed by atoms with Gasteiger partial charge in [0.05, 0.1) is 11.7 Å². The Balaban J connectivity index is 1.78. The normalized spacial score (nSPS) is 17.1. The van der Waals surface area contributed by atoms with Crippen molar-refractivity contribution in [2.45, 2.75) is 45.6 Å². The lowest BCUT2D eigenvalue weighted by molar-refractivity contribution is -0.122. The van der Waals surface area contributed by atoms with Crippen LogP contribution in [0.15, 0.2) is 24.4 Å². The third-order valence-electron chi connectivity index (χ3n) is 4.07. The number of aromatic nitrogens is 1. The molecule has 1 amide bonds. The maximum atomic E-state index is 12.1. The molecule has 4 heteroatoms. The number of amides is 1. The summed E-state index contributed by atoms with van der Waals surface area (Å²) >= 11 is 0. The van der Waals surface area contributed by atoms with Gasteiger partial charge in [-0.2, -0.15) is 0 Å². The molecule has 0 spiro atoms. The lowest BCUT2D eigenvalue weighted by atomic mass is 10.00. The summed E-state index contributed by atoms with van der Waals surface area (Å²) in [5.41, 5.74) is 0.945. The highest BCUT2D eigenvalue weighted by Gasteiger charge is 2.19. The maximum absolute atomic E-state index is 12.1. The van der Waals surface area contributed by atoms with Crippen molar-refractivity contribution in [2.24, 2.45) is 5.92 Å².